The Morgan fingerprint density at radius 3 is 2.40 bits per heavy atom. The van der Waals surface area contributed by atoms with Crippen LogP contribution in [0.1, 0.15) is 42.4 Å². The first kappa shape index (κ1) is 23.7. The first-order valence-electron chi connectivity index (χ1n) is 10.6. The smallest absolute Gasteiger partial charge is 0.191 e. The number of nitrogens with zero attached hydrogens (tertiary/aromatic N) is 4. The largest absolute Gasteiger partial charge is 0.497 e. The predicted molar refractivity (Wildman–Crippen MR) is 124 cm³/mol. The fraction of sp³-hybridized carbons (Fsp3) is 0.565. The van der Waals surface area contributed by atoms with Crippen LogP contribution in [-0.4, -0.2) is 61.0 Å². The van der Waals surface area contributed by atoms with Gasteiger partial charge in [0.05, 0.1) is 25.4 Å². The van der Waals surface area contributed by atoms with E-state index >= 15 is 0 Å². The van der Waals surface area contributed by atoms with Crippen LogP contribution >= 0.6 is 0 Å². The molecular formula is C23H38N6O. The van der Waals surface area contributed by atoms with Crippen LogP contribution in [0.3, 0.4) is 0 Å². The second-order valence-electron chi connectivity index (χ2n) is 7.99. The third-order valence-electron chi connectivity index (χ3n) is 5.44. The maximum Gasteiger partial charge on any atom is 0.191 e. The zero-order valence-electron chi connectivity index (χ0n) is 19.8. The number of ether oxygens (including phenoxy) is 1. The van der Waals surface area contributed by atoms with E-state index in [-0.39, 0.29) is 12.1 Å². The van der Waals surface area contributed by atoms with Crippen LogP contribution in [0.15, 0.2) is 29.3 Å². The fourth-order valence-corrected chi connectivity index (χ4v) is 3.59. The number of rotatable bonds is 9. The van der Waals surface area contributed by atoms with E-state index in [1.54, 1.807) is 7.11 Å². The van der Waals surface area contributed by atoms with Gasteiger partial charge >= 0.3 is 0 Å². The number of hydrogen-bond acceptors (Lipinski definition) is 4. The molecule has 7 nitrogen and oxygen atoms in total. The average molecular weight is 415 g/mol. The van der Waals surface area contributed by atoms with Gasteiger partial charge in [-0.1, -0.05) is 12.1 Å². The van der Waals surface area contributed by atoms with Gasteiger partial charge in [0, 0.05) is 25.3 Å². The Bertz CT molecular complexity index is 825. The van der Waals surface area contributed by atoms with E-state index in [1.165, 1.54) is 16.8 Å². The molecule has 0 saturated carbocycles. The molecule has 2 atom stereocenters. The van der Waals surface area contributed by atoms with E-state index in [0.29, 0.717) is 6.54 Å². The Balaban J connectivity index is 2.10. The van der Waals surface area contributed by atoms with Gasteiger partial charge in [0.1, 0.15) is 5.75 Å². The number of methoxy groups -OCH3 is 1. The lowest BCUT2D eigenvalue weighted by atomic mass is 10.1. The van der Waals surface area contributed by atoms with Gasteiger partial charge < -0.3 is 20.3 Å². The van der Waals surface area contributed by atoms with E-state index in [1.807, 2.05) is 23.9 Å². The first-order chi connectivity index (χ1) is 14.3. The third kappa shape index (κ3) is 6.23. The number of hydrogen-bond donors (Lipinski definition) is 2. The van der Waals surface area contributed by atoms with Gasteiger partial charge in [-0.15, -0.1) is 0 Å². The molecule has 0 amide bonds. The molecule has 0 radical (unpaired) electrons. The van der Waals surface area contributed by atoms with E-state index in [4.69, 9.17) is 9.73 Å². The summed E-state index contributed by atoms with van der Waals surface area (Å²) in [7, 11) is 7.85. The number of guanidine groups is 1. The van der Waals surface area contributed by atoms with Crippen molar-refractivity contribution >= 4 is 5.96 Å². The summed E-state index contributed by atoms with van der Waals surface area (Å²) in [6.45, 7) is 9.95. The molecule has 0 bridgehead atoms. The average Bonchev–Trinajstić information content (AvgIpc) is 2.94. The number of benzene rings is 1. The molecule has 2 aromatic rings. The minimum atomic E-state index is 0.185. The van der Waals surface area contributed by atoms with Crippen molar-refractivity contribution in [3.05, 3.63) is 46.8 Å². The van der Waals surface area contributed by atoms with Crippen LogP contribution in [0.2, 0.25) is 0 Å². The molecule has 166 valence electrons. The number of likely N-dealkylation sites (N-methyl/N-ethyl adjacent to an activating group) is 1. The lowest BCUT2D eigenvalue weighted by Gasteiger charge is -2.24. The van der Waals surface area contributed by atoms with Crippen molar-refractivity contribution in [3.63, 3.8) is 0 Å². The molecule has 7 heteroatoms. The SMILES string of the molecule is CCNC(=NCC(c1ccc(OC)cc1)N(C)C)NC(C)Cc1c(C)nn(C)c1C. The summed E-state index contributed by atoms with van der Waals surface area (Å²) < 4.78 is 7.23. The van der Waals surface area contributed by atoms with Crippen molar-refractivity contribution < 1.29 is 4.74 Å². The lowest BCUT2D eigenvalue weighted by molar-refractivity contribution is 0.306. The minimum Gasteiger partial charge on any atom is -0.497 e. The van der Waals surface area contributed by atoms with Gasteiger partial charge in [0.25, 0.3) is 0 Å². The summed E-state index contributed by atoms with van der Waals surface area (Å²) >= 11 is 0. The fourth-order valence-electron chi connectivity index (χ4n) is 3.59. The molecule has 1 heterocycles. The van der Waals surface area contributed by atoms with Gasteiger partial charge in [0.15, 0.2) is 5.96 Å². The van der Waals surface area contributed by atoms with E-state index in [2.05, 4.69) is 74.6 Å². The van der Waals surface area contributed by atoms with E-state index in [0.717, 1.165) is 30.4 Å². The Morgan fingerprint density at radius 1 is 1.23 bits per heavy atom. The quantitative estimate of drug-likeness (QED) is 0.488. The second kappa shape index (κ2) is 11.0. The normalized spacial score (nSPS) is 14.0. The van der Waals surface area contributed by atoms with Crippen molar-refractivity contribution in [1.29, 1.82) is 0 Å². The van der Waals surface area contributed by atoms with Crippen LogP contribution in [0.25, 0.3) is 0 Å². The summed E-state index contributed by atoms with van der Waals surface area (Å²) in [5.41, 5.74) is 4.83. The summed E-state index contributed by atoms with van der Waals surface area (Å²) in [5, 5.41) is 11.5. The lowest BCUT2D eigenvalue weighted by Crippen LogP contribution is -2.43. The van der Waals surface area contributed by atoms with Crippen molar-refractivity contribution in [2.75, 3.05) is 34.3 Å². The van der Waals surface area contributed by atoms with Crippen LogP contribution in [0, 0.1) is 13.8 Å². The molecular weight excluding hydrogens is 376 g/mol. The Labute approximate surface area is 181 Å². The molecule has 1 aromatic heterocycles. The molecule has 0 aliphatic rings. The summed E-state index contributed by atoms with van der Waals surface area (Å²) in [6, 6.07) is 8.64. The molecule has 1 aromatic carbocycles. The monoisotopic (exact) mass is 414 g/mol. The summed E-state index contributed by atoms with van der Waals surface area (Å²) in [6.07, 6.45) is 0.908. The maximum atomic E-state index is 5.28. The van der Waals surface area contributed by atoms with Gasteiger partial charge in [-0.05, 0) is 71.5 Å². The molecule has 0 aliphatic carbocycles. The van der Waals surface area contributed by atoms with Crippen LogP contribution in [0.4, 0.5) is 0 Å². The predicted octanol–water partition coefficient (Wildman–Crippen LogP) is 2.83. The molecule has 0 fully saturated rings. The topological polar surface area (TPSA) is 66.7 Å². The van der Waals surface area contributed by atoms with Crippen molar-refractivity contribution in [2.24, 2.45) is 12.0 Å². The summed E-state index contributed by atoms with van der Waals surface area (Å²) in [4.78, 5) is 7.08. The van der Waals surface area contributed by atoms with Gasteiger partial charge in [0.2, 0.25) is 0 Å². The molecule has 2 unspecified atom stereocenters. The van der Waals surface area contributed by atoms with Gasteiger partial charge in [-0.3, -0.25) is 9.67 Å². The number of aryl methyl sites for hydroxylation is 2. The van der Waals surface area contributed by atoms with E-state index < -0.39 is 0 Å². The Morgan fingerprint density at radius 2 is 1.90 bits per heavy atom. The highest BCUT2D eigenvalue weighted by atomic mass is 16.5. The Kier molecular flexibility index (Phi) is 8.72. The molecule has 0 spiro atoms. The minimum absolute atomic E-state index is 0.185. The van der Waals surface area contributed by atoms with E-state index in [9.17, 15) is 0 Å². The number of aromatic nitrogens is 2. The zero-order chi connectivity index (χ0) is 22.3. The molecule has 30 heavy (non-hydrogen) atoms. The zero-order valence-corrected chi connectivity index (χ0v) is 19.8. The molecule has 2 N–H and O–H groups in total. The second-order valence-corrected chi connectivity index (χ2v) is 7.99. The summed E-state index contributed by atoms with van der Waals surface area (Å²) in [5.74, 6) is 1.70. The highest BCUT2D eigenvalue weighted by Gasteiger charge is 2.16. The van der Waals surface area contributed by atoms with Crippen molar-refractivity contribution in [2.45, 2.75) is 46.2 Å². The van der Waals surface area contributed by atoms with Crippen molar-refractivity contribution in [1.82, 2.24) is 25.3 Å². The van der Waals surface area contributed by atoms with Gasteiger partial charge in [-0.25, -0.2) is 0 Å². The van der Waals surface area contributed by atoms with Crippen LogP contribution in [-0.2, 0) is 13.5 Å². The Hall–Kier alpha value is -2.54. The standard InChI is InChI=1S/C23H38N6O/c1-9-24-23(26-16(2)14-21-17(3)27-29(7)18(21)4)25-15-22(28(5)6)19-10-12-20(30-8)13-11-19/h10-13,16,22H,9,14-15H2,1-8H3,(H2,24,25,26). The molecule has 0 aliphatic heterocycles. The highest BCUT2D eigenvalue weighted by Crippen LogP contribution is 2.21. The maximum absolute atomic E-state index is 5.28. The van der Waals surface area contributed by atoms with Gasteiger partial charge in [-0.2, -0.15) is 5.10 Å². The number of aliphatic imine (C=N–C) groups is 1. The third-order valence-corrected chi connectivity index (χ3v) is 5.44. The highest BCUT2D eigenvalue weighted by molar-refractivity contribution is 5.80. The number of nitrogens with one attached hydrogen (secondary N) is 2. The van der Waals surface area contributed by atoms with Crippen LogP contribution in [0.5, 0.6) is 5.75 Å². The molecule has 2 rings (SSSR count). The molecule has 0 saturated heterocycles. The van der Waals surface area contributed by atoms with Crippen molar-refractivity contribution in [3.8, 4) is 5.75 Å². The van der Waals surface area contributed by atoms with Crippen LogP contribution < -0.4 is 15.4 Å². The first-order valence-corrected chi connectivity index (χ1v) is 10.6.